The molecule has 2 atom stereocenters. The first-order chi connectivity index (χ1) is 10.1. The van der Waals surface area contributed by atoms with Gasteiger partial charge in [0.15, 0.2) is 0 Å². The number of carbonyl (C=O) groups excluding carboxylic acids is 1. The van der Waals surface area contributed by atoms with Crippen LogP contribution in [0.25, 0.3) is 0 Å². The molecule has 1 aliphatic heterocycles. The van der Waals surface area contributed by atoms with Crippen LogP contribution < -0.4 is 0 Å². The lowest BCUT2D eigenvalue weighted by Crippen LogP contribution is -2.62. The molecule has 1 N–H and O–H groups in total. The van der Waals surface area contributed by atoms with Crippen molar-refractivity contribution in [3.8, 4) is 0 Å². The lowest BCUT2D eigenvalue weighted by Gasteiger charge is -2.56. The molecule has 0 aromatic carbocycles. The third-order valence-electron chi connectivity index (χ3n) is 4.88. The SMILES string of the molecule is CCO[C@H]1C[C@@H](O)C12CCN(C(=O)c1ccc(Cl)s1)CC2. The van der Waals surface area contributed by atoms with E-state index in [1.54, 1.807) is 12.1 Å². The molecular formula is C15H20ClNO3S. The van der Waals surface area contributed by atoms with Crippen molar-refractivity contribution in [1.82, 2.24) is 4.90 Å². The largest absolute Gasteiger partial charge is 0.392 e. The standard InChI is InChI=1S/C15H20ClNO3S/c1-2-20-12-9-11(18)15(12)5-7-17(8-6-15)14(19)10-3-4-13(16)21-10/h3-4,11-12,18H,2,5-9H2,1H3/t11-,12+/m1/s1. The maximum atomic E-state index is 12.4. The predicted molar refractivity (Wildman–Crippen MR) is 82.9 cm³/mol. The first kappa shape index (κ1) is 15.3. The van der Waals surface area contributed by atoms with E-state index >= 15 is 0 Å². The van der Waals surface area contributed by atoms with Gasteiger partial charge in [0, 0.05) is 31.5 Å². The lowest BCUT2D eigenvalue weighted by molar-refractivity contribution is -0.207. The maximum Gasteiger partial charge on any atom is 0.263 e. The zero-order valence-corrected chi connectivity index (χ0v) is 13.6. The van der Waals surface area contributed by atoms with Crippen molar-refractivity contribution in [2.24, 2.45) is 5.41 Å². The number of ether oxygens (including phenoxy) is 1. The van der Waals surface area contributed by atoms with Crippen molar-refractivity contribution in [3.63, 3.8) is 0 Å². The van der Waals surface area contributed by atoms with Crippen molar-refractivity contribution in [3.05, 3.63) is 21.3 Å². The molecule has 1 amide bonds. The van der Waals surface area contributed by atoms with Crippen LogP contribution in [0.5, 0.6) is 0 Å². The second-order valence-corrected chi connectivity index (χ2v) is 7.54. The van der Waals surface area contributed by atoms with Crippen LogP contribution in [-0.4, -0.2) is 47.8 Å². The molecule has 3 rings (SSSR count). The topological polar surface area (TPSA) is 49.8 Å². The Labute approximate surface area is 133 Å². The van der Waals surface area contributed by atoms with Gasteiger partial charge in [-0.25, -0.2) is 0 Å². The number of carbonyl (C=O) groups is 1. The summed E-state index contributed by atoms with van der Waals surface area (Å²) in [4.78, 5) is 15.0. The van der Waals surface area contributed by atoms with E-state index in [2.05, 4.69) is 0 Å². The molecule has 1 spiro atoms. The van der Waals surface area contributed by atoms with E-state index in [0.717, 1.165) is 19.3 Å². The Kier molecular flexibility index (Phi) is 4.28. The number of thiophene rings is 1. The van der Waals surface area contributed by atoms with Crippen molar-refractivity contribution < 1.29 is 14.6 Å². The van der Waals surface area contributed by atoms with Gasteiger partial charge in [-0.3, -0.25) is 4.79 Å². The first-order valence-corrected chi connectivity index (χ1v) is 8.60. The Bertz CT molecular complexity index is 523. The van der Waals surface area contributed by atoms with Gasteiger partial charge in [-0.15, -0.1) is 11.3 Å². The molecule has 1 aliphatic carbocycles. The van der Waals surface area contributed by atoms with E-state index in [1.165, 1.54) is 11.3 Å². The molecule has 4 nitrogen and oxygen atoms in total. The normalized spacial score (nSPS) is 27.7. The van der Waals surface area contributed by atoms with Gasteiger partial charge < -0.3 is 14.7 Å². The van der Waals surface area contributed by atoms with Gasteiger partial charge in [0.25, 0.3) is 5.91 Å². The molecule has 6 heteroatoms. The molecule has 1 saturated carbocycles. The summed E-state index contributed by atoms with van der Waals surface area (Å²) in [6.45, 7) is 4.01. The number of aliphatic hydroxyl groups excluding tert-OH is 1. The average Bonchev–Trinajstić information content (AvgIpc) is 2.93. The Balaban J connectivity index is 1.63. The Morgan fingerprint density at radius 3 is 2.76 bits per heavy atom. The smallest absolute Gasteiger partial charge is 0.263 e. The summed E-state index contributed by atoms with van der Waals surface area (Å²) in [6.07, 6.45) is 2.20. The zero-order chi connectivity index (χ0) is 15.0. The number of likely N-dealkylation sites (tertiary alicyclic amines) is 1. The number of aliphatic hydroxyl groups is 1. The van der Waals surface area contributed by atoms with Gasteiger partial charge in [0.2, 0.25) is 0 Å². The van der Waals surface area contributed by atoms with E-state index < -0.39 is 0 Å². The summed E-state index contributed by atoms with van der Waals surface area (Å²) in [6, 6.07) is 3.53. The van der Waals surface area contributed by atoms with Crippen LogP contribution in [0.2, 0.25) is 4.34 Å². The second-order valence-electron chi connectivity index (χ2n) is 5.82. The second kappa shape index (κ2) is 5.88. The highest BCUT2D eigenvalue weighted by molar-refractivity contribution is 7.17. The molecule has 2 heterocycles. The zero-order valence-electron chi connectivity index (χ0n) is 12.0. The van der Waals surface area contributed by atoms with Gasteiger partial charge in [0.05, 0.1) is 21.4 Å². The molecule has 0 unspecified atom stereocenters. The van der Waals surface area contributed by atoms with E-state index in [0.29, 0.717) is 28.9 Å². The molecule has 0 bridgehead atoms. The summed E-state index contributed by atoms with van der Waals surface area (Å²) in [5.41, 5.74) is -0.139. The fourth-order valence-electron chi connectivity index (χ4n) is 3.53. The number of piperidine rings is 1. The summed E-state index contributed by atoms with van der Waals surface area (Å²) in [7, 11) is 0. The number of rotatable bonds is 3. The minimum absolute atomic E-state index is 0.0449. The molecule has 116 valence electrons. The average molecular weight is 330 g/mol. The number of amides is 1. The molecule has 2 fully saturated rings. The van der Waals surface area contributed by atoms with Crippen LogP contribution in [0.15, 0.2) is 12.1 Å². The molecule has 0 radical (unpaired) electrons. The van der Waals surface area contributed by atoms with Gasteiger partial charge in [-0.1, -0.05) is 11.6 Å². The van der Waals surface area contributed by atoms with Crippen molar-refractivity contribution in [2.75, 3.05) is 19.7 Å². The number of nitrogens with zero attached hydrogens (tertiary/aromatic N) is 1. The quantitative estimate of drug-likeness (QED) is 0.927. The molecule has 1 aromatic rings. The van der Waals surface area contributed by atoms with Gasteiger partial charge in [-0.2, -0.15) is 0 Å². The fourth-order valence-corrected chi connectivity index (χ4v) is 4.54. The maximum absolute atomic E-state index is 12.4. The highest BCUT2D eigenvalue weighted by Gasteiger charge is 2.56. The Morgan fingerprint density at radius 2 is 2.24 bits per heavy atom. The van der Waals surface area contributed by atoms with Crippen molar-refractivity contribution in [1.29, 1.82) is 0 Å². The summed E-state index contributed by atoms with van der Waals surface area (Å²) in [5.74, 6) is 0.0449. The number of halogens is 1. The van der Waals surface area contributed by atoms with E-state index in [4.69, 9.17) is 16.3 Å². The monoisotopic (exact) mass is 329 g/mol. The molecular weight excluding hydrogens is 310 g/mol. The van der Waals surface area contributed by atoms with Crippen LogP contribution in [0.1, 0.15) is 35.9 Å². The van der Waals surface area contributed by atoms with Crippen LogP contribution in [0, 0.1) is 5.41 Å². The highest BCUT2D eigenvalue weighted by atomic mass is 35.5. The third-order valence-corrected chi connectivity index (χ3v) is 6.09. The minimum Gasteiger partial charge on any atom is -0.392 e. The minimum atomic E-state index is -0.289. The van der Waals surface area contributed by atoms with Crippen LogP contribution in [0.3, 0.4) is 0 Å². The van der Waals surface area contributed by atoms with Gasteiger partial charge >= 0.3 is 0 Å². The Morgan fingerprint density at radius 1 is 1.52 bits per heavy atom. The summed E-state index contributed by atoms with van der Waals surface area (Å²) < 4.78 is 6.38. The third kappa shape index (κ3) is 2.61. The van der Waals surface area contributed by atoms with E-state index in [9.17, 15) is 9.90 Å². The molecule has 21 heavy (non-hydrogen) atoms. The molecule has 1 saturated heterocycles. The van der Waals surface area contributed by atoms with Crippen LogP contribution in [-0.2, 0) is 4.74 Å². The predicted octanol–water partition coefficient (Wildman–Crippen LogP) is 2.79. The van der Waals surface area contributed by atoms with Crippen molar-refractivity contribution in [2.45, 2.75) is 38.4 Å². The molecule has 2 aliphatic rings. The lowest BCUT2D eigenvalue weighted by atomic mass is 9.58. The number of hydrogen-bond donors (Lipinski definition) is 1. The first-order valence-electron chi connectivity index (χ1n) is 7.41. The summed E-state index contributed by atoms with van der Waals surface area (Å²) >= 11 is 7.21. The summed E-state index contributed by atoms with van der Waals surface area (Å²) in [5, 5.41) is 10.2. The van der Waals surface area contributed by atoms with Gasteiger partial charge in [0.1, 0.15) is 0 Å². The number of hydrogen-bond acceptors (Lipinski definition) is 4. The molecule has 1 aromatic heterocycles. The van der Waals surface area contributed by atoms with Crippen LogP contribution >= 0.6 is 22.9 Å². The van der Waals surface area contributed by atoms with E-state index in [1.807, 2.05) is 11.8 Å². The Hall–Kier alpha value is -0.620. The fraction of sp³-hybridized carbons (Fsp3) is 0.667. The highest BCUT2D eigenvalue weighted by Crippen LogP contribution is 2.51. The van der Waals surface area contributed by atoms with Crippen LogP contribution in [0.4, 0.5) is 0 Å². The van der Waals surface area contributed by atoms with Crippen molar-refractivity contribution >= 4 is 28.8 Å². The van der Waals surface area contributed by atoms with E-state index in [-0.39, 0.29) is 23.5 Å². The van der Waals surface area contributed by atoms with Gasteiger partial charge in [-0.05, 0) is 31.9 Å².